The summed E-state index contributed by atoms with van der Waals surface area (Å²) in [6.45, 7) is 2.37. The summed E-state index contributed by atoms with van der Waals surface area (Å²) in [5.41, 5.74) is 2.59. The van der Waals surface area contributed by atoms with Gasteiger partial charge < -0.3 is 10.2 Å². The molecule has 2 amide bonds. The Morgan fingerprint density at radius 3 is 2.89 bits per heavy atom. The minimum Gasteiger partial charge on any atom is -0.353 e. The number of benzene rings is 1. The van der Waals surface area contributed by atoms with Crippen molar-refractivity contribution in [1.29, 1.82) is 0 Å². The van der Waals surface area contributed by atoms with Crippen LogP contribution in [-0.2, 0) is 16.0 Å². The molecule has 1 aromatic heterocycles. The summed E-state index contributed by atoms with van der Waals surface area (Å²) in [6, 6.07) is 9.35. The Morgan fingerprint density at radius 2 is 2.15 bits per heavy atom. The number of amides is 2. The molecule has 7 nitrogen and oxygen atoms in total. The molecule has 1 aromatic carbocycles. The van der Waals surface area contributed by atoms with Gasteiger partial charge in [-0.15, -0.1) is 0 Å². The fourth-order valence-corrected chi connectivity index (χ4v) is 3.66. The zero-order chi connectivity index (χ0) is 18.8. The van der Waals surface area contributed by atoms with Gasteiger partial charge in [0.15, 0.2) is 0 Å². The highest BCUT2D eigenvalue weighted by Gasteiger charge is 2.41. The Labute approximate surface area is 157 Å². The van der Waals surface area contributed by atoms with Crippen LogP contribution in [0.25, 0.3) is 0 Å². The van der Waals surface area contributed by atoms with Crippen molar-refractivity contribution in [3.8, 4) is 0 Å². The molecule has 0 bridgehead atoms. The second kappa shape index (κ2) is 7.26. The van der Waals surface area contributed by atoms with Gasteiger partial charge in [0.1, 0.15) is 18.1 Å². The van der Waals surface area contributed by atoms with Gasteiger partial charge >= 0.3 is 0 Å². The van der Waals surface area contributed by atoms with Crippen molar-refractivity contribution in [1.82, 2.24) is 20.2 Å². The first-order chi connectivity index (χ1) is 13.1. The minimum atomic E-state index is -0.508. The lowest BCUT2D eigenvalue weighted by molar-refractivity contribution is -0.154. The number of fused-ring (bicyclic) bond motifs is 1. The molecule has 0 radical (unpaired) electrons. The van der Waals surface area contributed by atoms with Crippen LogP contribution < -0.4 is 5.32 Å². The Kier molecular flexibility index (Phi) is 4.66. The number of nitrogens with one attached hydrogen (secondary N) is 1. The molecule has 1 N–H and O–H groups in total. The van der Waals surface area contributed by atoms with Crippen LogP contribution in [-0.4, -0.2) is 51.5 Å². The van der Waals surface area contributed by atoms with Crippen molar-refractivity contribution >= 4 is 23.7 Å². The third-order valence-electron chi connectivity index (χ3n) is 5.11. The smallest absolute Gasteiger partial charge is 0.243 e. The third-order valence-corrected chi connectivity index (χ3v) is 5.11. The highest BCUT2D eigenvalue weighted by Crippen LogP contribution is 2.28. The minimum absolute atomic E-state index is 0.0269. The molecular weight excluding hydrogens is 342 g/mol. The summed E-state index contributed by atoms with van der Waals surface area (Å²) in [7, 11) is 0. The quantitative estimate of drug-likeness (QED) is 0.790. The van der Waals surface area contributed by atoms with Crippen LogP contribution >= 0.6 is 0 Å². The fraction of sp³-hybridized carbons (Fsp3) is 0.350. The van der Waals surface area contributed by atoms with Gasteiger partial charge in [0.05, 0.1) is 17.8 Å². The first-order valence-corrected chi connectivity index (χ1v) is 9.10. The average molecular weight is 363 g/mol. The van der Waals surface area contributed by atoms with Crippen molar-refractivity contribution in [3.63, 3.8) is 0 Å². The fourth-order valence-electron chi connectivity index (χ4n) is 3.66. The van der Waals surface area contributed by atoms with Crippen molar-refractivity contribution in [2.24, 2.45) is 4.99 Å². The van der Waals surface area contributed by atoms with Crippen molar-refractivity contribution < 1.29 is 9.59 Å². The van der Waals surface area contributed by atoms with E-state index in [-0.39, 0.29) is 23.8 Å². The van der Waals surface area contributed by atoms with Crippen molar-refractivity contribution in [2.75, 3.05) is 6.54 Å². The van der Waals surface area contributed by atoms with E-state index in [1.807, 2.05) is 37.3 Å². The van der Waals surface area contributed by atoms with Gasteiger partial charge in [0, 0.05) is 31.6 Å². The predicted octanol–water partition coefficient (Wildman–Crippen LogP) is 1.62. The summed E-state index contributed by atoms with van der Waals surface area (Å²) >= 11 is 0. The van der Waals surface area contributed by atoms with Crippen LogP contribution in [0.5, 0.6) is 0 Å². The largest absolute Gasteiger partial charge is 0.353 e. The van der Waals surface area contributed by atoms with Gasteiger partial charge in [-0.3, -0.25) is 14.6 Å². The highest BCUT2D eigenvalue weighted by molar-refractivity contribution is 5.91. The number of carbonyl (C=O) groups is 2. The van der Waals surface area contributed by atoms with Crippen LogP contribution in [0, 0.1) is 0 Å². The number of nitrogens with zero attached hydrogens (tertiary/aromatic N) is 4. The number of aliphatic imine (C=N–C) groups is 1. The molecule has 2 aromatic rings. The number of hydrogen-bond acceptors (Lipinski definition) is 5. The average Bonchev–Trinajstić information content (AvgIpc) is 3.09. The molecule has 0 aliphatic carbocycles. The van der Waals surface area contributed by atoms with E-state index >= 15 is 0 Å². The summed E-state index contributed by atoms with van der Waals surface area (Å²) < 4.78 is 0. The molecule has 0 spiro atoms. The van der Waals surface area contributed by atoms with Gasteiger partial charge in [-0.05, 0) is 12.5 Å². The van der Waals surface area contributed by atoms with E-state index in [2.05, 4.69) is 20.3 Å². The molecule has 4 rings (SSSR count). The lowest BCUT2D eigenvalue weighted by Gasteiger charge is -2.43. The van der Waals surface area contributed by atoms with E-state index in [0.717, 1.165) is 16.9 Å². The summed E-state index contributed by atoms with van der Waals surface area (Å²) in [4.78, 5) is 39.3. The Bertz CT molecular complexity index is 883. The van der Waals surface area contributed by atoms with Crippen molar-refractivity contribution in [2.45, 2.75) is 37.8 Å². The number of aromatic nitrogens is 2. The lowest BCUT2D eigenvalue weighted by atomic mass is 9.95. The monoisotopic (exact) mass is 363 g/mol. The van der Waals surface area contributed by atoms with Crippen LogP contribution in [0.2, 0.25) is 0 Å². The van der Waals surface area contributed by atoms with Crippen LogP contribution in [0.15, 0.2) is 47.8 Å². The predicted molar refractivity (Wildman–Crippen MR) is 101 cm³/mol. The molecule has 1 saturated heterocycles. The maximum absolute atomic E-state index is 13.0. The molecule has 2 aliphatic rings. The molecule has 27 heavy (non-hydrogen) atoms. The summed E-state index contributed by atoms with van der Waals surface area (Å²) in [5.74, 6) is -0.192. The molecule has 2 aliphatic heterocycles. The Balaban J connectivity index is 1.46. The van der Waals surface area contributed by atoms with Crippen LogP contribution in [0.1, 0.15) is 30.5 Å². The maximum atomic E-state index is 13.0. The van der Waals surface area contributed by atoms with Gasteiger partial charge in [-0.25, -0.2) is 9.97 Å². The molecule has 138 valence electrons. The second-order valence-electron chi connectivity index (χ2n) is 6.98. The molecular formula is C20H21N5O2. The van der Waals surface area contributed by atoms with E-state index in [0.29, 0.717) is 19.4 Å². The van der Waals surface area contributed by atoms with E-state index in [1.54, 1.807) is 17.3 Å². The van der Waals surface area contributed by atoms with Crippen molar-refractivity contribution in [3.05, 3.63) is 54.1 Å². The van der Waals surface area contributed by atoms with E-state index in [9.17, 15) is 9.59 Å². The normalized spacial score (nSPS) is 21.5. The topological polar surface area (TPSA) is 87.5 Å². The number of hydrogen-bond donors (Lipinski definition) is 1. The van der Waals surface area contributed by atoms with E-state index in [1.165, 1.54) is 6.33 Å². The number of carbonyl (C=O) groups excluding carboxylic acids is 2. The van der Waals surface area contributed by atoms with E-state index in [4.69, 9.17) is 0 Å². The number of β-lactam (4-membered cyclic amide) rings is 1. The lowest BCUT2D eigenvalue weighted by Crippen LogP contribution is -2.61. The second-order valence-corrected chi connectivity index (χ2v) is 6.98. The molecule has 1 fully saturated rings. The van der Waals surface area contributed by atoms with E-state index < -0.39 is 6.04 Å². The molecule has 3 unspecified atom stereocenters. The van der Waals surface area contributed by atoms with Gasteiger partial charge in [-0.1, -0.05) is 30.3 Å². The van der Waals surface area contributed by atoms with Gasteiger partial charge in [0.2, 0.25) is 11.8 Å². The zero-order valence-corrected chi connectivity index (χ0v) is 15.1. The zero-order valence-electron chi connectivity index (χ0n) is 15.1. The molecule has 7 heteroatoms. The SMILES string of the molecule is CC1CC(=O)N1C(Cc1ccccc1)C(=O)NCC1C=Nc2cncnc21. The first kappa shape index (κ1) is 17.3. The Hall–Kier alpha value is -3.09. The number of likely N-dealkylation sites (tertiary alicyclic amines) is 1. The third kappa shape index (κ3) is 3.45. The first-order valence-electron chi connectivity index (χ1n) is 9.10. The summed E-state index contributed by atoms with van der Waals surface area (Å²) in [6.07, 6.45) is 5.93. The van der Waals surface area contributed by atoms with Crippen LogP contribution in [0.3, 0.4) is 0 Å². The van der Waals surface area contributed by atoms with Crippen LogP contribution in [0.4, 0.5) is 5.69 Å². The number of rotatable bonds is 6. The van der Waals surface area contributed by atoms with Gasteiger partial charge in [0.25, 0.3) is 0 Å². The Morgan fingerprint density at radius 1 is 1.33 bits per heavy atom. The van der Waals surface area contributed by atoms with Gasteiger partial charge in [-0.2, -0.15) is 0 Å². The molecule has 0 saturated carbocycles. The standard InChI is InChI=1S/C20H21N5O2/c1-13-7-18(26)25(13)17(8-14-5-3-2-4-6-14)20(27)23-10-15-9-22-16-11-21-12-24-19(15)16/h2-6,9,11-13,15,17H,7-8,10H2,1H3,(H,23,27). The molecule has 3 atom stereocenters. The maximum Gasteiger partial charge on any atom is 0.243 e. The molecule has 3 heterocycles. The highest BCUT2D eigenvalue weighted by atomic mass is 16.2. The summed E-state index contributed by atoms with van der Waals surface area (Å²) in [5, 5.41) is 2.99.